The summed E-state index contributed by atoms with van der Waals surface area (Å²) in [6, 6.07) is 7.89. The Balaban J connectivity index is 1.93. The quantitative estimate of drug-likeness (QED) is 0.814. The Morgan fingerprint density at radius 2 is 2.10 bits per heavy atom. The van der Waals surface area contributed by atoms with E-state index in [-0.39, 0.29) is 11.9 Å². The number of rotatable bonds is 6. The summed E-state index contributed by atoms with van der Waals surface area (Å²) in [5.74, 6) is 1.41. The first kappa shape index (κ1) is 15.6. The summed E-state index contributed by atoms with van der Waals surface area (Å²) in [7, 11) is 0. The van der Waals surface area contributed by atoms with Crippen LogP contribution in [-0.4, -0.2) is 36.5 Å². The highest BCUT2D eigenvalue weighted by Crippen LogP contribution is 2.20. The first-order valence-corrected chi connectivity index (χ1v) is 7.49. The summed E-state index contributed by atoms with van der Waals surface area (Å²) in [6.07, 6.45) is 4.64. The summed E-state index contributed by atoms with van der Waals surface area (Å²) in [4.78, 5) is 14.4. The first-order valence-electron chi connectivity index (χ1n) is 7.49. The van der Waals surface area contributed by atoms with E-state index in [0.717, 1.165) is 17.9 Å². The van der Waals surface area contributed by atoms with Crippen molar-refractivity contribution in [2.75, 3.05) is 19.7 Å². The molecule has 21 heavy (non-hydrogen) atoms. The largest absolute Gasteiger partial charge is 0.492 e. The monoisotopic (exact) mass is 288 g/mol. The second kappa shape index (κ2) is 7.27. The molecule has 0 unspecified atom stereocenters. The molecule has 0 radical (unpaired) electrons. The molecule has 1 aromatic rings. The number of carbonyl (C=O) groups is 1. The molecule has 1 aliphatic heterocycles. The van der Waals surface area contributed by atoms with Gasteiger partial charge in [0.2, 0.25) is 5.91 Å². The van der Waals surface area contributed by atoms with Crippen LogP contribution in [0.3, 0.4) is 0 Å². The molecular formula is C17H24N2O2. The van der Waals surface area contributed by atoms with E-state index in [9.17, 15) is 4.79 Å². The lowest BCUT2D eigenvalue weighted by Gasteiger charge is -2.27. The van der Waals surface area contributed by atoms with Gasteiger partial charge < -0.3 is 15.4 Å². The Morgan fingerprint density at radius 3 is 2.71 bits per heavy atom. The van der Waals surface area contributed by atoms with E-state index in [0.29, 0.717) is 25.5 Å². The van der Waals surface area contributed by atoms with Crippen LogP contribution in [0, 0.1) is 5.92 Å². The van der Waals surface area contributed by atoms with Gasteiger partial charge in [0, 0.05) is 13.1 Å². The molecular weight excluding hydrogens is 264 g/mol. The average molecular weight is 288 g/mol. The fraction of sp³-hybridized carbons (Fsp3) is 0.471. The molecule has 1 atom stereocenters. The summed E-state index contributed by atoms with van der Waals surface area (Å²) < 4.78 is 5.43. The van der Waals surface area contributed by atoms with Crippen molar-refractivity contribution in [1.82, 2.24) is 4.90 Å². The fourth-order valence-corrected chi connectivity index (χ4v) is 2.55. The van der Waals surface area contributed by atoms with Crippen molar-refractivity contribution in [1.29, 1.82) is 0 Å². The predicted molar refractivity (Wildman–Crippen MR) is 84.2 cm³/mol. The third-order valence-corrected chi connectivity index (χ3v) is 3.66. The van der Waals surface area contributed by atoms with Crippen LogP contribution < -0.4 is 10.5 Å². The first-order chi connectivity index (χ1) is 10.1. The molecule has 0 aromatic heterocycles. The van der Waals surface area contributed by atoms with Crippen molar-refractivity contribution >= 4 is 5.91 Å². The lowest BCUT2D eigenvalue weighted by molar-refractivity contribution is -0.131. The van der Waals surface area contributed by atoms with Gasteiger partial charge >= 0.3 is 0 Å². The lowest BCUT2D eigenvalue weighted by Crippen LogP contribution is -2.39. The molecule has 4 heteroatoms. The number of hydrogen-bond donors (Lipinski definition) is 1. The van der Waals surface area contributed by atoms with E-state index in [4.69, 9.17) is 10.5 Å². The van der Waals surface area contributed by atoms with E-state index in [1.165, 1.54) is 0 Å². The van der Waals surface area contributed by atoms with Crippen LogP contribution >= 0.6 is 0 Å². The molecule has 2 N–H and O–H groups in total. The molecule has 4 nitrogen and oxygen atoms in total. The zero-order valence-electron chi connectivity index (χ0n) is 12.8. The molecule has 0 bridgehead atoms. The molecule has 0 aliphatic carbocycles. The zero-order chi connectivity index (χ0) is 15.2. The van der Waals surface area contributed by atoms with Crippen LogP contribution in [0.25, 0.3) is 0 Å². The van der Waals surface area contributed by atoms with Crippen LogP contribution in [0.5, 0.6) is 5.75 Å². The van der Waals surface area contributed by atoms with Crippen LogP contribution in [0.2, 0.25) is 0 Å². The predicted octanol–water partition coefficient (Wildman–Crippen LogP) is 1.99. The minimum atomic E-state index is 0.175. The summed E-state index contributed by atoms with van der Waals surface area (Å²) >= 11 is 0. The van der Waals surface area contributed by atoms with Gasteiger partial charge in [0.15, 0.2) is 0 Å². The third-order valence-electron chi connectivity index (χ3n) is 3.66. The molecule has 0 saturated heterocycles. The van der Waals surface area contributed by atoms with Gasteiger partial charge in [-0.25, -0.2) is 0 Å². The average Bonchev–Trinajstić information content (AvgIpc) is 2.96. The molecule has 1 amide bonds. The van der Waals surface area contributed by atoms with Crippen LogP contribution in [0.4, 0.5) is 0 Å². The fourth-order valence-electron chi connectivity index (χ4n) is 2.55. The van der Waals surface area contributed by atoms with E-state index in [1.807, 2.05) is 29.2 Å². The number of hydrogen-bond acceptors (Lipinski definition) is 3. The molecule has 2 rings (SSSR count). The number of ether oxygens (including phenoxy) is 1. The second-order valence-electron chi connectivity index (χ2n) is 5.67. The Labute approximate surface area is 126 Å². The Morgan fingerprint density at radius 1 is 1.38 bits per heavy atom. The normalized spacial score (nSPS) is 17.5. The van der Waals surface area contributed by atoms with Gasteiger partial charge in [-0.3, -0.25) is 4.79 Å². The van der Waals surface area contributed by atoms with Gasteiger partial charge in [0.05, 0.1) is 12.5 Å². The minimum Gasteiger partial charge on any atom is -0.492 e. The molecule has 0 spiro atoms. The smallest absolute Gasteiger partial charge is 0.227 e. The molecule has 1 aromatic carbocycles. The maximum absolute atomic E-state index is 12.4. The van der Waals surface area contributed by atoms with Gasteiger partial charge in [-0.15, -0.1) is 0 Å². The summed E-state index contributed by atoms with van der Waals surface area (Å²) in [6.45, 7) is 6.01. The van der Waals surface area contributed by atoms with Crippen molar-refractivity contribution in [2.45, 2.75) is 26.3 Å². The molecule has 1 aliphatic rings. The SMILES string of the molecule is CC(C)[C@H]1C=CCN1C(=O)Cc1ccc(OCCN)cc1. The van der Waals surface area contributed by atoms with Gasteiger partial charge in [-0.2, -0.15) is 0 Å². The highest BCUT2D eigenvalue weighted by atomic mass is 16.5. The highest BCUT2D eigenvalue weighted by Gasteiger charge is 2.26. The number of nitrogens with two attached hydrogens (primary N) is 1. The van der Waals surface area contributed by atoms with Crippen LogP contribution in [0.1, 0.15) is 19.4 Å². The number of carbonyl (C=O) groups excluding carboxylic acids is 1. The van der Waals surface area contributed by atoms with Crippen LogP contribution in [0.15, 0.2) is 36.4 Å². The maximum atomic E-state index is 12.4. The maximum Gasteiger partial charge on any atom is 0.227 e. The summed E-state index contributed by atoms with van der Waals surface area (Å²) in [5, 5.41) is 0. The molecule has 114 valence electrons. The number of nitrogens with zero attached hydrogens (tertiary/aromatic N) is 1. The Bertz CT molecular complexity index is 494. The van der Waals surface area contributed by atoms with Gasteiger partial charge in [0.25, 0.3) is 0 Å². The number of amides is 1. The lowest BCUT2D eigenvalue weighted by atomic mass is 10.0. The Hall–Kier alpha value is -1.81. The topological polar surface area (TPSA) is 55.6 Å². The van der Waals surface area contributed by atoms with Crippen LogP contribution in [-0.2, 0) is 11.2 Å². The van der Waals surface area contributed by atoms with Crippen molar-refractivity contribution in [3.05, 3.63) is 42.0 Å². The molecule has 0 fully saturated rings. The molecule has 0 saturated carbocycles. The standard InChI is InChI=1S/C17H24N2O2/c1-13(2)16-4-3-10-19(16)17(20)12-14-5-7-15(8-6-14)21-11-9-18/h3-8,13,16H,9-12,18H2,1-2H3/t16-/m1/s1. The zero-order valence-corrected chi connectivity index (χ0v) is 12.8. The van der Waals surface area contributed by atoms with Crippen molar-refractivity contribution < 1.29 is 9.53 Å². The van der Waals surface area contributed by atoms with Gasteiger partial charge in [-0.05, 0) is 23.6 Å². The van der Waals surface area contributed by atoms with E-state index >= 15 is 0 Å². The van der Waals surface area contributed by atoms with E-state index in [1.54, 1.807) is 0 Å². The van der Waals surface area contributed by atoms with Crippen molar-refractivity contribution in [2.24, 2.45) is 11.7 Å². The van der Waals surface area contributed by atoms with Crippen molar-refractivity contribution in [3.8, 4) is 5.75 Å². The second-order valence-corrected chi connectivity index (χ2v) is 5.67. The van der Waals surface area contributed by atoms with Gasteiger partial charge in [-0.1, -0.05) is 38.1 Å². The highest BCUT2D eigenvalue weighted by molar-refractivity contribution is 5.80. The van der Waals surface area contributed by atoms with Gasteiger partial charge in [0.1, 0.15) is 12.4 Å². The van der Waals surface area contributed by atoms with Crippen molar-refractivity contribution in [3.63, 3.8) is 0 Å². The van der Waals surface area contributed by atoms with E-state index in [2.05, 4.69) is 26.0 Å². The minimum absolute atomic E-state index is 0.175. The number of benzene rings is 1. The van der Waals surface area contributed by atoms with E-state index < -0.39 is 0 Å². The summed E-state index contributed by atoms with van der Waals surface area (Å²) in [5.41, 5.74) is 6.41. The third kappa shape index (κ3) is 4.08. The Kier molecular flexibility index (Phi) is 5.39. The molecule has 1 heterocycles.